The van der Waals surface area contributed by atoms with E-state index in [9.17, 15) is 14.7 Å². The van der Waals surface area contributed by atoms with Gasteiger partial charge in [0.05, 0.1) is 0 Å². The van der Waals surface area contributed by atoms with Crippen LogP contribution in [-0.2, 0) is 18.8 Å². The highest BCUT2D eigenvalue weighted by atomic mass is 28.4. The Morgan fingerprint density at radius 3 is 1.69 bits per heavy atom. The molecule has 0 spiro atoms. The Hall–Kier alpha value is -2.54. The monoisotopic (exact) mass is 594 g/mol. The van der Waals surface area contributed by atoms with E-state index in [1.165, 1.54) is 0 Å². The molecular formula is C36H54O5Si. The van der Waals surface area contributed by atoms with Crippen molar-refractivity contribution in [2.45, 2.75) is 118 Å². The molecule has 0 radical (unpaired) electrons. The molecule has 2 aromatic carbocycles. The van der Waals surface area contributed by atoms with E-state index in [-0.39, 0.29) is 22.7 Å². The van der Waals surface area contributed by atoms with Crippen LogP contribution in [0.4, 0.5) is 0 Å². The molecular weight excluding hydrogens is 540 g/mol. The lowest BCUT2D eigenvalue weighted by Crippen LogP contribution is -2.49. The van der Waals surface area contributed by atoms with Crippen molar-refractivity contribution in [3.8, 4) is 0 Å². The van der Waals surface area contributed by atoms with Crippen molar-refractivity contribution in [3.63, 3.8) is 0 Å². The molecule has 0 amide bonds. The van der Waals surface area contributed by atoms with Crippen molar-refractivity contribution in [3.05, 3.63) is 82.9 Å². The van der Waals surface area contributed by atoms with Crippen LogP contribution in [0.15, 0.2) is 71.8 Å². The van der Waals surface area contributed by atoms with Crippen LogP contribution in [0.5, 0.6) is 0 Å². The van der Waals surface area contributed by atoms with Crippen LogP contribution in [0.2, 0.25) is 18.1 Å². The van der Waals surface area contributed by atoms with Gasteiger partial charge in [-0.1, -0.05) is 116 Å². The number of hydrogen-bond acceptors (Lipinski definition) is 5. The average molecular weight is 595 g/mol. The third-order valence-electron chi connectivity index (χ3n) is 9.74. The fourth-order valence-electron chi connectivity index (χ4n) is 4.78. The zero-order valence-corrected chi connectivity index (χ0v) is 28.9. The number of carbonyl (C=O) groups is 2. The van der Waals surface area contributed by atoms with Gasteiger partial charge in [-0.3, -0.25) is 4.79 Å². The SMILES string of the molecule is CC[C@H](C)C(C)(C)C(=O)[C@H](O)/C(C)=C(\C)C(C)OC(=O)[C@H](O[Si](C)(C)C(C)(C)C)C(c1ccccc1)c1ccccc1. The van der Waals surface area contributed by atoms with E-state index in [4.69, 9.17) is 9.16 Å². The summed E-state index contributed by atoms with van der Waals surface area (Å²) in [5, 5.41) is 11.0. The van der Waals surface area contributed by atoms with E-state index >= 15 is 0 Å². The van der Waals surface area contributed by atoms with Gasteiger partial charge in [0.15, 0.2) is 20.2 Å². The van der Waals surface area contributed by atoms with Crippen LogP contribution >= 0.6 is 0 Å². The zero-order chi connectivity index (χ0) is 32.0. The first-order valence-corrected chi connectivity index (χ1v) is 18.1. The first-order chi connectivity index (χ1) is 19.4. The van der Waals surface area contributed by atoms with Crippen LogP contribution in [0, 0.1) is 11.3 Å². The van der Waals surface area contributed by atoms with Crippen molar-refractivity contribution in [2.24, 2.45) is 11.3 Å². The zero-order valence-electron chi connectivity index (χ0n) is 27.9. The molecule has 232 valence electrons. The van der Waals surface area contributed by atoms with Crippen molar-refractivity contribution in [2.75, 3.05) is 0 Å². The molecule has 0 bridgehead atoms. The molecule has 0 heterocycles. The number of aliphatic hydroxyl groups is 1. The summed E-state index contributed by atoms with van der Waals surface area (Å²) in [4.78, 5) is 27.5. The molecule has 0 aromatic heterocycles. The molecule has 2 aromatic rings. The second-order valence-electron chi connectivity index (χ2n) is 13.8. The highest BCUT2D eigenvalue weighted by molar-refractivity contribution is 6.74. The van der Waals surface area contributed by atoms with Crippen LogP contribution in [0.3, 0.4) is 0 Å². The van der Waals surface area contributed by atoms with Gasteiger partial charge in [-0.2, -0.15) is 0 Å². The number of ether oxygens (including phenoxy) is 1. The van der Waals surface area contributed by atoms with E-state index in [0.717, 1.165) is 17.5 Å². The molecule has 2 rings (SSSR count). The van der Waals surface area contributed by atoms with Gasteiger partial charge in [0.2, 0.25) is 0 Å². The Morgan fingerprint density at radius 1 is 0.833 bits per heavy atom. The molecule has 0 aliphatic carbocycles. The van der Waals surface area contributed by atoms with E-state index in [1.807, 2.05) is 95.3 Å². The number of benzene rings is 2. The molecule has 0 saturated carbocycles. The van der Waals surface area contributed by atoms with Crippen LogP contribution in [0.25, 0.3) is 0 Å². The van der Waals surface area contributed by atoms with Gasteiger partial charge in [-0.15, -0.1) is 0 Å². The minimum Gasteiger partial charge on any atom is -0.456 e. The standard InChI is InChI=1S/C36H54O5Si/c1-13-24(2)36(9,10)33(38)31(37)26(4)25(3)27(5)40-34(39)32(41-42(11,12)35(6,7)8)30(28-20-16-14-17-21-28)29-22-18-15-19-23-29/h14-24,27,30-32,37H,13H2,1-12H3/b26-25+/t24-,27?,31+,32+/m0/s1. The Morgan fingerprint density at radius 2 is 1.29 bits per heavy atom. The fourth-order valence-corrected chi connectivity index (χ4v) is 6.00. The van der Waals surface area contributed by atoms with E-state index < -0.39 is 38.0 Å². The number of ketones is 1. The molecule has 6 heteroatoms. The first-order valence-electron chi connectivity index (χ1n) is 15.2. The van der Waals surface area contributed by atoms with Gasteiger partial charge in [0.1, 0.15) is 12.2 Å². The second-order valence-corrected chi connectivity index (χ2v) is 18.6. The van der Waals surface area contributed by atoms with Crippen LogP contribution in [0.1, 0.15) is 92.7 Å². The number of aliphatic hydroxyl groups excluding tert-OH is 1. The summed E-state index contributed by atoms with van der Waals surface area (Å²) in [6.07, 6.45) is -1.98. The van der Waals surface area contributed by atoms with Gasteiger partial charge < -0.3 is 14.3 Å². The third kappa shape index (κ3) is 8.30. The summed E-state index contributed by atoms with van der Waals surface area (Å²) in [7, 11) is -2.43. The maximum absolute atomic E-state index is 14.2. The van der Waals surface area contributed by atoms with E-state index in [2.05, 4.69) is 33.9 Å². The maximum atomic E-state index is 14.2. The summed E-state index contributed by atoms with van der Waals surface area (Å²) in [6, 6.07) is 19.9. The lowest BCUT2D eigenvalue weighted by atomic mass is 9.72. The van der Waals surface area contributed by atoms with Crippen LogP contribution in [-0.4, -0.2) is 43.5 Å². The molecule has 1 N–H and O–H groups in total. The first kappa shape index (κ1) is 35.7. The number of hydrogen-bond donors (Lipinski definition) is 1. The van der Waals surface area contributed by atoms with Crippen molar-refractivity contribution < 1.29 is 23.9 Å². The Labute approximate surface area is 255 Å². The maximum Gasteiger partial charge on any atom is 0.335 e. The van der Waals surface area contributed by atoms with Crippen LogP contribution < -0.4 is 0 Å². The highest BCUT2D eigenvalue weighted by Crippen LogP contribution is 2.41. The molecule has 0 aliphatic rings. The quantitative estimate of drug-likeness (QED) is 0.143. The molecule has 0 saturated heterocycles. The predicted octanol–water partition coefficient (Wildman–Crippen LogP) is 8.48. The Bertz CT molecular complexity index is 1170. The summed E-state index contributed by atoms with van der Waals surface area (Å²) in [6.45, 7) is 23.9. The fraction of sp³-hybridized carbons (Fsp3) is 0.556. The number of carbonyl (C=O) groups excluding carboxylic acids is 2. The van der Waals surface area contributed by atoms with Crippen molar-refractivity contribution in [1.29, 1.82) is 0 Å². The van der Waals surface area contributed by atoms with Gasteiger partial charge >= 0.3 is 5.97 Å². The van der Waals surface area contributed by atoms with Crippen molar-refractivity contribution in [1.82, 2.24) is 0 Å². The van der Waals surface area contributed by atoms with E-state index in [0.29, 0.717) is 11.1 Å². The Kier molecular flexibility index (Phi) is 12.1. The Balaban J connectivity index is 2.52. The minimum absolute atomic E-state index is 0.115. The second kappa shape index (κ2) is 14.3. The molecule has 4 atom stereocenters. The summed E-state index contributed by atoms with van der Waals surface area (Å²) >= 11 is 0. The lowest BCUT2D eigenvalue weighted by Gasteiger charge is -2.41. The number of Topliss-reactive ketones (excluding diaryl/α,β-unsaturated/α-hetero) is 1. The van der Waals surface area contributed by atoms with E-state index in [1.54, 1.807) is 13.8 Å². The lowest BCUT2D eigenvalue weighted by molar-refractivity contribution is -0.156. The molecule has 0 aliphatic heterocycles. The topological polar surface area (TPSA) is 72.8 Å². The largest absolute Gasteiger partial charge is 0.456 e. The minimum atomic E-state index is -2.43. The third-order valence-corrected chi connectivity index (χ3v) is 14.2. The summed E-state index contributed by atoms with van der Waals surface area (Å²) < 4.78 is 13.0. The summed E-state index contributed by atoms with van der Waals surface area (Å²) in [5.74, 6) is -0.947. The van der Waals surface area contributed by atoms with Crippen molar-refractivity contribution >= 4 is 20.1 Å². The van der Waals surface area contributed by atoms with Gasteiger partial charge in [0, 0.05) is 11.3 Å². The summed E-state index contributed by atoms with van der Waals surface area (Å²) in [5.41, 5.74) is 2.42. The normalized spacial score (nSPS) is 16.3. The number of esters is 1. The van der Waals surface area contributed by atoms with Gasteiger partial charge in [0.25, 0.3) is 0 Å². The molecule has 1 unspecified atom stereocenters. The average Bonchev–Trinajstić information content (AvgIpc) is 2.94. The van der Waals surface area contributed by atoms with Gasteiger partial charge in [-0.25, -0.2) is 4.79 Å². The predicted molar refractivity (Wildman–Crippen MR) is 175 cm³/mol. The highest BCUT2D eigenvalue weighted by Gasteiger charge is 2.45. The number of rotatable bonds is 13. The molecule has 5 nitrogen and oxygen atoms in total. The molecule has 42 heavy (non-hydrogen) atoms. The molecule has 0 fully saturated rings. The van der Waals surface area contributed by atoms with Gasteiger partial charge in [-0.05, 0) is 67.1 Å². The smallest absolute Gasteiger partial charge is 0.335 e.